The molecule has 1 atom stereocenters. The summed E-state index contributed by atoms with van der Waals surface area (Å²) in [7, 11) is 0. The van der Waals surface area contributed by atoms with Crippen LogP contribution in [-0.4, -0.2) is 23.7 Å². The van der Waals surface area contributed by atoms with Crippen LogP contribution < -0.4 is 5.32 Å². The Labute approximate surface area is 97.6 Å². The smallest absolute Gasteiger partial charge is 0.226 e. The van der Waals surface area contributed by atoms with E-state index < -0.39 is 0 Å². The van der Waals surface area contributed by atoms with E-state index in [1.807, 2.05) is 6.92 Å². The Morgan fingerprint density at radius 1 is 1.44 bits per heavy atom. The minimum Gasteiger partial charge on any atom is -0.396 e. The molecule has 2 saturated carbocycles. The zero-order valence-electron chi connectivity index (χ0n) is 10.2. The quantitative estimate of drug-likeness (QED) is 0.750. The fourth-order valence-electron chi connectivity index (χ4n) is 2.68. The van der Waals surface area contributed by atoms with Gasteiger partial charge in [-0.25, -0.2) is 0 Å². The summed E-state index contributed by atoms with van der Waals surface area (Å²) in [5.41, 5.74) is -0.0910. The van der Waals surface area contributed by atoms with Crippen LogP contribution in [0.5, 0.6) is 0 Å². The molecule has 0 aromatic rings. The third kappa shape index (κ3) is 2.57. The summed E-state index contributed by atoms with van der Waals surface area (Å²) in [6, 6.07) is 0.206. The van der Waals surface area contributed by atoms with Gasteiger partial charge in [0.05, 0.1) is 0 Å². The molecule has 2 N–H and O–H groups in total. The Balaban J connectivity index is 1.88. The summed E-state index contributed by atoms with van der Waals surface area (Å²) < 4.78 is 0. The Bertz CT molecular complexity index is 255. The number of aliphatic hydroxyl groups excluding tert-OH is 1. The van der Waals surface area contributed by atoms with Crippen LogP contribution >= 0.6 is 0 Å². The molecule has 0 bridgehead atoms. The predicted molar refractivity (Wildman–Crippen MR) is 62.9 cm³/mol. The molecule has 0 saturated heterocycles. The van der Waals surface area contributed by atoms with Crippen molar-refractivity contribution in [3.63, 3.8) is 0 Å². The third-order valence-electron chi connectivity index (χ3n) is 4.27. The van der Waals surface area contributed by atoms with E-state index in [9.17, 15) is 4.79 Å². The van der Waals surface area contributed by atoms with Crippen molar-refractivity contribution in [2.24, 2.45) is 11.3 Å². The minimum absolute atomic E-state index is 0.0910. The van der Waals surface area contributed by atoms with Crippen LogP contribution in [-0.2, 0) is 4.79 Å². The van der Waals surface area contributed by atoms with Gasteiger partial charge in [-0.1, -0.05) is 19.8 Å². The monoisotopic (exact) mass is 225 g/mol. The van der Waals surface area contributed by atoms with Crippen molar-refractivity contribution < 1.29 is 9.90 Å². The second-order valence-electron chi connectivity index (χ2n) is 5.70. The van der Waals surface area contributed by atoms with Gasteiger partial charge in [0.2, 0.25) is 5.91 Å². The van der Waals surface area contributed by atoms with Crippen LogP contribution in [0.15, 0.2) is 0 Å². The zero-order chi connectivity index (χ0) is 11.6. The molecule has 2 aliphatic rings. The Kier molecular flexibility index (Phi) is 3.53. The van der Waals surface area contributed by atoms with E-state index >= 15 is 0 Å². The lowest BCUT2D eigenvalue weighted by molar-refractivity contribution is -0.126. The van der Waals surface area contributed by atoms with Crippen LogP contribution in [0.2, 0.25) is 0 Å². The molecule has 2 rings (SSSR count). The molecule has 2 aliphatic carbocycles. The first-order valence-corrected chi connectivity index (χ1v) is 6.57. The van der Waals surface area contributed by atoms with Crippen molar-refractivity contribution in [3.05, 3.63) is 0 Å². The number of carbonyl (C=O) groups excluding carboxylic acids is 1. The second kappa shape index (κ2) is 4.74. The summed E-state index contributed by atoms with van der Waals surface area (Å²) in [4.78, 5) is 12.0. The molecular weight excluding hydrogens is 202 g/mol. The highest BCUT2D eigenvalue weighted by molar-refractivity contribution is 5.85. The summed E-state index contributed by atoms with van der Waals surface area (Å²) in [6.07, 6.45) is 7.74. The molecule has 0 aromatic heterocycles. The topological polar surface area (TPSA) is 49.3 Å². The first kappa shape index (κ1) is 11.9. The second-order valence-corrected chi connectivity index (χ2v) is 5.70. The van der Waals surface area contributed by atoms with Gasteiger partial charge in [-0.05, 0) is 38.0 Å². The van der Waals surface area contributed by atoms with Gasteiger partial charge in [0, 0.05) is 18.1 Å². The molecule has 16 heavy (non-hydrogen) atoms. The molecule has 1 unspecified atom stereocenters. The van der Waals surface area contributed by atoms with E-state index in [0.717, 1.165) is 12.8 Å². The van der Waals surface area contributed by atoms with Crippen molar-refractivity contribution >= 4 is 5.91 Å². The maximum absolute atomic E-state index is 12.0. The van der Waals surface area contributed by atoms with Gasteiger partial charge in [-0.3, -0.25) is 4.79 Å². The van der Waals surface area contributed by atoms with Gasteiger partial charge >= 0.3 is 0 Å². The first-order valence-electron chi connectivity index (χ1n) is 6.57. The highest BCUT2D eigenvalue weighted by Gasteiger charge is 2.45. The average Bonchev–Trinajstić information content (AvgIpc) is 2.83. The fraction of sp³-hybridized carbons (Fsp3) is 0.923. The van der Waals surface area contributed by atoms with Gasteiger partial charge in [-0.2, -0.15) is 0 Å². The zero-order valence-corrected chi connectivity index (χ0v) is 10.2. The van der Waals surface area contributed by atoms with Crippen LogP contribution in [0.4, 0.5) is 0 Å². The Morgan fingerprint density at radius 2 is 2.06 bits per heavy atom. The summed E-state index contributed by atoms with van der Waals surface area (Å²) in [5.74, 6) is 0.802. The maximum atomic E-state index is 12.0. The molecule has 92 valence electrons. The molecule has 0 aliphatic heterocycles. The lowest BCUT2D eigenvalue weighted by atomic mass is 9.94. The SMILES string of the molecule is CC1(C(=O)NC(CCO)C2CCCC2)CC1. The highest BCUT2D eigenvalue weighted by atomic mass is 16.3. The molecular formula is C13H23NO2. The standard InChI is InChI=1S/C13H23NO2/c1-13(7-8-13)12(16)14-11(6-9-15)10-4-2-3-5-10/h10-11,15H,2-9H2,1H3,(H,14,16). The minimum atomic E-state index is -0.0910. The Hall–Kier alpha value is -0.570. The number of carbonyl (C=O) groups is 1. The molecule has 2 fully saturated rings. The molecule has 3 heteroatoms. The Morgan fingerprint density at radius 3 is 2.56 bits per heavy atom. The molecule has 0 heterocycles. The lowest BCUT2D eigenvalue weighted by Crippen LogP contribution is -2.43. The summed E-state index contributed by atoms with van der Waals surface area (Å²) in [5, 5.41) is 12.2. The highest BCUT2D eigenvalue weighted by Crippen LogP contribution is 2.45. The number of hydrogen-bond acceptors (Lipinski definition) is 2. The molecule has 0 spiro atoms. The number of amides is 1. The molecule has 3 nitrogen and oxygen atoms in total. The van der Waals surface area contributed by atoms with Gasteiger partial charge in [0.25, 0.3) is 0 Å². The van der Waals surface area contributed by atoms with Crippen molar-refractivity contribution in [2.75, 3.05) is 6.61 Å². The van der Waals surface area contributed by atoms with Crippen LogP contribution in [0, 0.1) is 11.3 Å². The predicted octanol–water partition coefficient (Wildman–Crippen LogP) is 1.84. The van der Waals surface area contributed by atoms with E-state index in [2.05, 4.69) is 5.32 Å². The van der Waals surface area contributed by atoms with Crippen LogP contribution in [0.25, 0.3) is 0 Å². The van der Waals surface area contributed by atoms with Crippen molar-refractivity contribution in [1.82, 2.24) is 5.32 Å². The van der Waals surface area contributed by atoms with E-state index in [1.165, 1.54) is 25.7 Å². The van der Waals surface area contributed by atoms with Gasteiger partial charge in [0.15, 0.2) is 0 Å². The van der Waals surface area contributed by atoms with Crippen molar-refractivity contribution in [1.29, 1.82) is 0 Å². The summed E-state index contributed by atoms with van der Waals surface area (Å²) >= 11 is 0. The normalized spacial score (nSPS) is 25.4. The van der Waals surface area contributed by atoms with Gasteiger partial charge in [0.1, 0.15) is 0 Å². The molecule has 0 radical (unpaired) electrons. The van der Waals surface area contributed by atoms with Crippen molar-refractivity contribution in [2.45, 2.75) is 57.9 Å². The van der Waals surface area contributed by atoms with Crippen molar-refractivity contribution in [3.8, 4) is 0 Å². The lowest BCUT2D eigenvalue weighted by Gasteiger charge is -2.25. The number of nitrogens with one attached hydrogen (secondary N) is 1. The number of aliphatic hydroxyl groups is 1. The maximum Gasteiger partial charge on any atom is 0.226 e. The van der Waals surface area contributed by atoms with Gasteiger partial charge in [-0.15, -0.1) is 0 Å². The van der Waals surface area contributed by atoms with E-state index in [4.69, 9.17) is 5.11 Å². The average molecular weight is 225 g/mol. The fourth-order valence-corrected chi connectivity index (χ4v) is 2.68. The number of rotatable bonds is 5. The first-order chi connectivity index (χ1) is 7.65. The molecule has 0 aromatic carbocycles. The van der Waals surface area contributed by atoms with Crippen LogP contribution in [0.1, 0.15) is 51.9 Å². The van der Waals surface area contributed by atoms with Gasteiger partial charge < -0.3 is 10.4 Å². The van der Waals surface area contributed by atoms with E-state index in [0.29, 0.717) is 12.3 Å². The van der Waals surface area contributed by atoms with Crippen LogP contribution in [0.3, 0.4) is 0 Å². The van der Waals surface area contributed by atoms with E-state index in [1.54, 1.807) is 0 Å². The third-order valence-corrected chi connectivity index (χ3v) is 4.27. The molecule has 1 amide bonds. The summed E-state index contributed by atoms with van der Waals surface area (Å²) in [6.45, 7) is 2.21. The van der Waals surface area contributed by atoms with E-state index in [-0.39, 0.29) is 24.0 Å². The number of hydrogen-bond donors (Lipinski definition) is 2. The largest absolute Gasteiger partial charge is 0.396 e.